The fourth-order valence-electron chi connectivity index (χ4n) is 0.675. The fourth-order valence-corrected chi connectivity index (χ4v) is 0.675. The summed E-state index contributed by atoms with van der Waals surface area (Å²) in [7, 11) is 0. The van der Waals surface area contributed by atoms with Crippen LogP contribution in [0.1, 0.15) is 20.8 Å². The van der Waals surface area contributed by atoms with E-state index in [9.17, 15) is 4.39 Å². The van der Waals surface area contributed by atoms with Gasteiger partial charge in [-0.15, -0.1) is 5.10 Å². The summed E-state index contributed by atoms with van der Waals surface area (Å²) in [5.74, 6) is -0.421. The van der Waals surface area contributed by atoms with Gasteiger partial charge >= 0.3 is 0 Å². The van der Waals surface area contributed by atoms with Crippen LogP contribution in [0.2, 0.25) is 0 Å². The summed E-state index contributed by atoms with van der Waals surface area (Å²) in [5, 5.41) is 3.63. The van der Waals surface area contributed by atoms with Crippen LogP contribution in [0.5, 0.6) is 0 Å². The van der Waals surface area contributed by atoms with E-state index in [2.05, 4.69) is 5.10 Å². The van der Waals surface area contributed by atoms with E-state index in [1.807, 2.05) is 20.8 Å². The van der Waals surface area contributed by atoms with Gasteiger partial charge in [0.25, 0.3) is 0 Å². The molecule has 0 aliphatic rings. The lowest BCUT2D eigenvalue weighted by Gasteiger charge is -2.18. The first-order valence-corrected chi connectivity index (χ1v) is 3.22. The van der Waals surface area contributed by atoms with Crippen LogP contribution in [0.15, 0.2) is 12.3 Å². The van der Waals surface area contributed by atoms with Crippen LogP contribution >= 0.6 is 0 Å². The molecule has 1 aromatic rings. The number of hydrogen-bond donors (Lipinski definition) is 0. The minimum Gasteiger partial charge on any atom is -0.265 e. The van der Waals surface area contributed by atoms with Crippen molar-refractivity contribution in [3.63, 3.8) is 0 Å². The third kappa shape index (κ3) is 1.35. The fraction of sp³-hybridized carbons (Fsp3) is 0.571. The molecule has 0 fully saturated rings. The molecule has 1 heterocycles. The highest BCUT2D eigenvalue weighted by Crippen LogP contribution is 2.11. The molecule has 1 rings (SSSR count). The normalized spacial score (nSPS) is 12.0. The van der Waals surface area contributed by atoms with E-state index in [1.54, 1.807) is 10.9 Å². The van der Waals surface area contributed by atoms with Crippen molar-refractivity contribution < 1.29 is 4.39 Å². The molecule has 0 bridgehead atoms. The zero-order valence-electron chi connectivity index (χ0n) is 6.43. The number of rotatable bonds is 0. The third-order valence-electron chi connectivity index (χ3n) is 1.24. The SMILES string of the molecule is CC(C)(C)n1ccc(F)n1. The Hall–Kier alpha value is -0.860. The van der Waals surface area contributed by atoms with Gasteiger partial charge in [0, 0.05) is 12.3 Å². The monoisotopic (exact) mass is 142 g/mol. The molecule has 0 spiro atoms. The van der Waals surface area contributed by atoms with Gasteiger partial charge in [0.05, 0.1) is 5.54 Å². The van der Waals surface area contributed by atoms with E-state index in [0.717, 1.165) is 0 Å². The molecule has 0 aliphatic heterocycles. The average molecular weight is 142 g/mol. The molecule has 0 saturated heterocycles. The summed E-state index contributed by atoms with van der Waals surface area (Å²) >= 11 is 0. The van der Waals surface area contributed by atoms with E-state index in [4.69, 9.17) is 0 Å². The molecule has 56 valence electrons. The molecule has 0 radical (unpaired) electrons. The standard InChI is InChI=1S/C7H11FN2/c1-7(2,3)10-5-4-6(8)9-10/h4-5H,1-3H3. The second-order valence-electron chi connectivity index (χ2n) is 3.25. The zero-order valence-corrected chi connectivity index (χ0v) is 6.43. The van der Waals surface area contributed by atoms with Gasteiger partial charge in [0.2, 0.25) is 5.95 Å². The first-order chi connectivity index (χ1) is 4.50. The molecule has 3 heteroatoms. The minimum absolute atomic E-state index is 0.121. The van der Waals surface area contributed by atoms with Crippen LogP contribution < -0.4 is 0 Å². The Morgan fingerprint density at radius 1 is 1.50 bits per heavy atom. The Morgan fingerprint density at radius 2 is 2.10 bits per heavy atom. The lowest BCUT2D eigenvalue weighted by molar-refractivity contribution is 0.342. The average Bonchev–Trinajstić information content (AvgIpc) is 2.11. The van der Waals surface area contributed by atoms with Crippen molar-refractivity contribution in [2.24, 2.45) is 0 Å². The lowest BCUT2D eigenvalue weighted by Crippen LogP contribution is -2.22. The quantitative estimate of drug-likeness (QED) is 0.540. The largest absolute Gasteiger partial charge is 0.265 e. The smallest absolute Gasteiger partial charge is 0.232 e. The number of nitrogens with zero attached hydrogens (tertiary/aromatic N) is 2. The van der Waals surface area contributed by atoms with E-state index in [1.165, 1.54) is 6.07 Å². The van der Waals surface area contributed by atoms with Crippen LogP contribution in [-0.2, 0) is 5.54 Å². The Morgan fingerprint density at radius 3 is 2.30 bits per heavy atom. The lowest BCUT2D eigenvalue weighted by atomic mass is 10.1. The third-order valence-corrected chi connectivity index (χ3v) is 1.24. The molecule has 10 heavy (non-hydrogen) atoms. The molecule has 0 aliphatic carbocycles. The van der Waals surface area contributed by atoms with E-state index in [-0.39, 0.29) is 5.54 Å². The Labute approximate surface area is 59.7 Å². The summed E-state index contributed by atoms with van der Waals surface area (Å²) in [4.78, 5) is 0. The van der Waals surface area contributed by atoms with Gasteiger partial charge in [-0.3, -0.25) is 4.68 Å². The first kappa shape index (κ1) is 7.25. The van der Waals surface area contributed by atoms with Crippen molar-refractivity contribution in [3.8, 4) is 0 Å². The van der Waals surface area contributed by atoms with Crippen molar-refractivity contribution in [2.75, 3.05) is 0 Å². The van der Waals surface area contributed by atoms with Gasteiger partial charge in [0.1, 0.15) is 0 Å². The highest BCUT2D eigenvalue weighted by atomic mass is 19.1. The molecule has 0 amide bonds. The van der Waals surface area contributed by atoms with E-state index < -0.39 is 5.95 Å². The zero-order chi connectivity index (χ0) is 7.78. The molecule has 1 aromatic heterocycles. The Kier molecular flexibility index (Phi) is 1.50. The summed E-state index contributed by atoms with van der Waals surface area (Å²) in [5.41, 5.74) is -0.121. The van der Waals surface area contributed by atoms with Crippen molar-refractivity contribution in [2.45, 2.75) is 26.3 Å². The van der Waals surface area contributed by atoms with Gasteiger partial charge in [-0.2, -0.15) is 4.39 Å². The summed E-state index contributed by atoms with van der Waals surface area (Å²) in [6.45, 7) is 5.92. The maximum atomic E-state index is 12.3. The van der Waals surface area contributed by atoms with E-state index in [0.29, 0.717) is 0 Å². The first-order valence-electron chi connectivity index (χ1n) is 3.22. The van der Waals surface area contributed by atoms with Crippen LogP contribution in [-0.4, -0.2) is 9.78 Å². The highest BCUT2D eigenvalue weighted by molar-refractivity contribution is 4.86. The number of hydrogen-bond acceptors (Lipinski definition) is 1. The van der Waals surface area contributed by atoms with Gasteiger partial charge in [-0.1, -0.05) is 0 Å². The highest BCUT2D eigenvalue weighted by Gasteiger charge is 2.13. The van der Waals surface area contributed by atoms with Crippen LogP contribution in [0, 0.1) is 5.95 Å². The summed E-state index contributed by atoms with van der Waals surface area (Å²) in [6.07, 6.45) is 1.63. The Balaban J connectivity index is 2.96. The van der Waals surface area contributed by atoms with Gasteiger partial charge < -0.3 is 0 Å². The van der Waals surface area contributed by atoms with Crippen molar-refractivity contribution in [1.82, 2.24) is 9.78 Å². The van der Waals surface area contributed by atoms with E-state index >= 15 is 0 Å². The van der Waals surface area contributed by atoms with Crippen molar-refractivity contribution in [1.29, 1.82) is 0 Å². The second-order valence-corrected chi connectivity index (χ2v) is 3.25. The second kappa shape index (κ2) is 2.08. The topological polar surface area (TPSA) is 17.8 Å². The molecule has 0 atom stereocenters. The van der Waals surface area contributed by atoms with Crippen molar-refractivity contribution in [3.05, 3.63) is 18.2 Å². The summed E-state index contributed by atoms with van der Waals surface area (Å²) < 4.78 is 13.9. The number of aromatic nitrogens is 2. The van der Waals surface area contributed by atoms with Crippen LogP contribution in [0.25, 0.3) is 0 Å². The maximum absolute atomic E-state index is 12.3. The number of halogens is 1. The predicted octanol–water partition coefficient (Wildman–Crippen LogP) is 1.78. The van der Waals surface area contributed by atoms with Crippen molar-refractivity contribution >= 4 is 0 Å². The van der Waals surface area contributed by atoms with Gasteiger partial charge in [-0.25, -0.2) is 0 Å². The maximum Gasteiger partial charge on any atom is 0.232 e. The van der Waals surface area contributed by atoms with Gasteiger partial charge in [-0.05, 0) is 20.8 Å². The summed E-state index contributed by atoms with van der Waals surface area (Å²) in [6, 6.07) is 1.35. The molecule has 0 saturated carbocycles. The molecule has 2 nitrogen and oxygen atoms in total. The molecular formula is C7H11FN2. The Bertz CT molecular complexity index is 222. The molecule has 0 unspecified atom stereocenters. The molecule has 0 aromatic carbocycles. The van der Waals surface area contributed by atoms with Gasteiger partial charge in [0.15, 0.2) is 0 Å². The molecule has 0 N–H and O–H groups in total. The minimum atomic E-state index is -0.421. The predicted molar refractivity (Wildman–Crippen MR) is 37.2 cm³/mol. The molecular weight excluding hydrogens is 131 g/mol. The van der Waals surface area contributed by atoms with Crippen LogP contribution in [0.4, 0.5) is 4.39 Å². The van der Waals surface area contributed by atoms with Crippen LogP contribution in [0.3, 0.4) is 0 Å².